The standard InChI is InChI=1S/C12H22N4O2/c1-5-13-10-9(18-4)11(16-8-15-10)14-6-12(2,3)7-17/h8,17H,5-7H2,1-4H3,(H2,13,14,15,16). The highest BCUT2D eigenvalue weighted by Gasteiger charge is 2.18. The number of rotatable bonds is 7. The average molecular weight is 254 g/mol. The quantitative estimate of drug-likeness (QED) is 0.681. The summed E-state index contributed by atoms with van der Waals surface area (Å²) in [5.41, 5.74) is -0.214. The highest BCUT2D eigenvalue weighted by atomic mass is 16.5. The second kappa shape index (κ2) is 6.39. The Morgan fingerprint density at radius 1 is 1.28 bits per heavy atom. The summed E-state index contributed by atoms with van der Waals surface area (Å²) in [6.45, 7) is 7.39. The van der Waals surface area contributed by atoms with Crippen LogP contribution in [0.25, 0.3) is 0 Å². The Morgan fingerprint density at radius 3 is 2.39 bits per heavy atom. The zero-order chi connectivity index (χ0) is 13.6. The molecule has 0 radical (unpaired) electrons. The van der Waals surface area contributed by atoms with Crippen LogP contribution in [0.5, 0.6) is 5.75 Å². The van der Waals surface area contributed by atoms with Gasteiger partial charge in [0.25, 0.3) is 0 Å². The molecule has 3 N–H and O–H groups in total. The molecule has 0 unspecified atom stereocenters. The van der Waals surface area contributed by atoms with E-state index in [1.54, 1.807) is 7.11 Å². The molecule has 0 saturated heterocycles. The number of aliphatic hydroxyl groups excluding tert-OH is 1. The third-order valence-electron chi connectivity index (χ3n) is 2.51. The third kappa shape index (κ3) is 3.73. The number of hydrogen-bond acceptors (Lipinski definition) is 6. The summed E-state index contributed by atoms with van der Waals surface area (Å²) in [6, 6.07) is 0. The summed E-state index contributed by atoms with van der Waals surface area (Å²) in [7, 11) is 1.59. The minimum Gasteiger partial charge on any atom is -0.490 e. The Kier molecular flexibility index (Phi) is 5.15. The van der Waals surface area contributed by atoms with Gasteiger partial charge >= 0.3 is 0 Å². The molecule has 0 atom stereocenters. The van der Waals surface area contributed by atoms with Crippen molar-refractivity contribution in [2.75, 3.05) is 37.4 Å². The van der Waals surface area contributed by atoms with E-state index >= 15 is 0 Å². The van der Waals surface area contributed by atoms with Crippen LogP contribution in [-0.2, 0) is 0 Å². The Labute approximate surface area is 108 Å². The average Bonchev–Trinajstić information content (AvgIpc) is 2.37. The summed E-state index contributed by atoms with van der Waals surface area (Å²) in [5.74, 6) is 1.89. The summed E-state index contributed by atoms with van der Waals surface area (Å²) < 4.78 is 5.32. The fourth-order valence-electron chi connectivity index (χ4n) is 1.37. The second-order valence-electron chi connectivity index (χ2n) is 4.81. The van der Waals surface area contributed by atoms with E-state index in [4.69, 9.17) is 4.74 Å². The monoisotopic (exact) mass is 254 g/mol. The topological polar surface area (TPSA) is 79.3 Å². The lowest BCUT2D eigenvalue weighted by molar-refractivity contribution is 0.170. The minimum atomic E-state index is -0.214. The van der Waals surface area contributed by atoms with Gasteiger partial charge in [-0.3, -0.25) is 0 Å². The van der Waals surface area contributed by atoms with Gasteiger partial charge in [-0.2, -0.15) is 0 Å². The lowest BCUT2D eigenvalue weighted by Crippen LogP contribution is -2.27. The molecule has 0 fully saturated rings. The number of nitrogens with zero attached hydrogens (tertiary/aromatic N) is 2. The number of aromatic nitrogens is 2. The molecule has 6 nitrogen and oxygen atoms in total. The van der Waals surface area contributed by atoms with E-state index in [-0.39, 0.29) is 12.0 Å². The molecule has 1 heterocycles. The van der Waals surface area contributed by atoms with Crippen molar-refractivity contribution < 1.29 is 9.84 Å². The van der Waals surface area contributed by atoms with Crippen molar-refractivity contribution in [3.05, 3.63) is 6.33 Å². The molecular weight excluding hydrogens is 232 g/mol. The maximum Gasteiger partial charge on any atom is 0.204 e. The van der Waals surface area contributed by atoms with Crippen molar-refractivity contribution in [3.8, 4) is 5.75 Å². The van der Waals surface area contributed by atoms with E-state index in [1.165, 1.54) is 6.33 Å². The molecule has 1 aromatic rings. The molecule has 0 saturated carbocycles. The summed E-state index contributed by atoms with van der Waals surface area (Å²) in [4.78, 5) is 8.29. The molecule has 102 valence electrons. The Bertz CT molecular complexity index is 382. The van der Waals surface area contributed by atoms with Crippen LogP contribution in [0.1, 0.15) is 20.8 Å². The van der Waals surface area contributed by atoms with Crippen LogP contribution in [0.3, 0.4) is 0 Å². The number of anilines is 2. The van der Waals surface area contributed by atoms with Gasteiger partial charge in [0, 0.05) is 25.1 Å². The van der Waals surface area contributed by atoms with Crippen LogP contribution in [-0.4, -0.2) is 41.9 Å². The first kappa shape index (κ1) is 14.5. The zero-order valence-electron chi connectivity index (χ0n) is 11.4. The normalized spacial score (nSPS) is 11.2. The van der Waals surface area contributed by atoms with E-state index in [0.29, 0.717) is 23.9 Å². The van der Waals surface area contributed by atoms with Crippen molar-refractivity contribution in [2.45, 2.75) is 20.8 Å². The number of methoxy groups -OCH3 is 1. The van der Waals surface area contributed by atoms with Crippen molar-refractivity contribution in [1.29, 1.82) is 0 Å². The molecule has 6 heteroatoms. The number of aliphatic hydroxyl groups is 1. The van der Waals surface area contributed by atoms with Crippen LogP contribution >= 0.6 is 0 Å². The molecule has 0 spiro atoms. The van der Waals surface area contributed by atoms with Gasteiger partial charge in [-0.25, -0.2) is 9.97 Å². The molecule has 0 amide bonds. The lowest BCUT2D eigenvalue weighted by Gasteiger charge is -2.23. The van der Waals surface area contributed by atoms with Crippen molar-refractivity contribution >= 4 is 11.6 Å². The highest BCUT2D eigenvalue weighted by Crippen LogP contribution is 2.29. The van der Waals surface area contributed by atoms with Crippen LogP contribution < -0.4 is 15.4 Å². The van der Waals surface area contributed by atoms with Gasteiger partial charge in [0.15, 0.2) is 11.6 Å². The second-order valence-corrected chi connectivity index (χ2v) is 4.81. The molecular formula is C12H22N4O2. The maximum absolute atomic E-state index is 9.22. The summed E-state index contributed by atoms with van der Waals surface area (Å²) in [6.07, 6.45) is 1.48. The minimum absolute atomic E-state index is 0.105. The van der Waals surface area contributed by atoms with E-state index < -0.39 is 0 Å². The molecule has 0 aliphatic carbocycles. The third-order valence-corrected chi connectivity index (χ3v) is 2.51. The Hall–Kier alpha value is -1.56. The maximum atomic E-state index is 9.22. The van der Waals surface area contributed by atoms with Gasteiger partial charge in [0.05, 0.1) is 7.11 Å². The van der Waals surface area contributed by atoms with Crippen LogP contribution in [0.4, 0.5) is 11.6 Å². The highest BCUT2D eigenvalue weighted by molar-refractivity contribution is 5.63. The predicted octanol–water partition coefficient (Wildman–Crippen LogP) is 1.35. The number of ether oxygens (including phenoxy) is 1. The van der Waals surface area contributed by atoms with Crippen LogP contribution in [0.15, 0.2) is 6.33 Å². The van der Waals surface area contributed by atoms with Gasteiger partial charge in [-0.15, -0.1) is 0 Å². The van der Waals surface area contributed by atoms with Gasteiger partial charge in [-0.1, -0.05) is 13.8 Å². The fraction of sp³-hybridized carbons (Fsp3) is 0.667. The van der Waals surface area contributed by atoms with E-state index in [9.17, 15) is 5.11 Å². The summed E-state index contributed by atoms with van der Waals surface area (Å²) >= 11 is 0. The molecule has 0 bridgehead atoms. The fourth-order valence-corrected chi connectivity index (χ4v) is 1.37. The predicted molar refractivity (Wildman–Crippen MR) is 72.1 cm³/mol. The largest absolute Gasteiger partial charge is 0.490 e. The molecule has 1 rings (SSSR count). The molecule has 0 aliphatic heterocycles. The van der Waals surface area contributed by atoms with Gasteiger partial charge in [0.2, 0.25) is 5.75 Å². The van der Waals surface area contributed by atoms with Gasteiger partial charge in [0.1, 0.15) is 6.33 Å². The van der Waals surface area contributed by atoms with Crippen LogP contribution in [0, 0.1) is 5.41 Å². The molecule has 1 aromatic heterocycles. The number of hydrogen-bond donors (Lipinski definition) is 3. The van der Waals surface area contributed by atoms with Crippen LogP contribution in [0.2, 0.25) is 0 Å². The van der Waals surface area contributed by atoms with Gasteiger partial charge < -0.3 is 20.5 Å². The first-order valence-corrected chi connectivity index (χ1v) is 6.01. The number of nitrogens with one attached hydrogen (secondary N) is 2. The molecule has 0 aromatic carbocycles. The molecule has 18 heavy (non-hydrogen) atoms. The van der Waals surface area contributed by atoms with E-state index in [0.717, 1.165) is 6.54 Å². The Morgan fingerprint density at radius 2 is 1.89 bits per heavy atom. The SMILES string of the molecule is CCNc1ncnc(NCC(C)(C)CO)c1OC. The molecule has 0 aliphatic rings. The first-order chi connectivity index (χ1) is 8.54. The lowest BCUT2D eigenvalue weighted by atomic mass is 9.95. The smallest absolute Gasteiger partial charge is 0.204 e. The summed E-state index contributed by atoms with van der Waals surface area (Å²) in [5, 5.41) is 15.5. The van der Waals surface area contributed by atoms with Crippen molar-refractivity contribution in [2.24, 2.45) is 5.41 Å². The van der Waals surface area contributed by atoms with E-state index in [1.807, 2.05) is 20.8 Å². The zero-order valence-corrected chi connectivity index (χ0v) is 11.4. The van der Waals surface area contributed by atoms with Crippen molar-refractivity contribution in [3.63, 3.8) is 0 Å². The van der Waals surface area contributed by atoms with Gasteiger partial charge in [-0.05, 0) is 6.92 Å². The Balaban J connectivity index is 2.85. The van der Waals surface area contributed by atoms with Crippen molar-refractivity contribution in [1.82, 2.24) is 9.97 Å². The first-order valence-electron chi connectivity index (χ1n) is 6.01. The van der Waals surface area contributed by atoms with E-state index in [2.05, 4.69) is 20.6 Å².